The summed E-state index contributed by atoms with van der Waals surface area (Å²) in [6.45, 7) is 2.21. The van der Waals surface area contributed by atoms with Crippen molar-refractivity contribution >= 4 is 18.1 Å². The standard InChI is InChI=1S/C28H38O6/c1-6-7-8-9-10-11-12-13-27(29)34-24-18-21(16-17-23(24)30-2)14-15-22-19-25(31-3)28(33-5)26(20-22)32-4/h14-20H,6-13H2,1-5H3/b15-14-. The molecule has 0 atom stereocenters. The second kappa shape index (κ2) is 14.9. The number of rotatable bonds is 15. The fraction of sp³-hybridized carbons (Fsp3) is 0.464. The number of carbonyl (C=O) groups excluding carboxylic acids is 1. The molecule has 0 aliphatic carbocycles. The van der Waals surface area contributed by atoms with Crippen LogP contribution in [0.5, 0.6) is 28.7 Å². The van der Waals surface area contributed by atoms with E-state index in [4.69, 9.17) is 23.7 Å². The minimum atomic E-state index is -0.238. The highest BCUT2D eigenvalue weighted by Gasteiger charge is 2.13. The van der Waals surface area contributed by atoms with Crippen molar-refractivity contribution in [2.75, 3.05) is 28.4 Å². The molecule has 0 aliphatic heterocycles. The van der Waals surface area contributed by atoms with E-state index in [1.807, 2.05) is 30.4 Å². The summed E-state index contributed by atoms with van der Waals surface area (Å²) in [5, 5.41) is 0. The maximum absolute atomic E-state index is 12.4. The van der Waals surface area contributed by atoms with Crippen molar-refractivity contribution in [3.63, 3.8) is 0 Å². The summed E-state index contributed by atoms with van der Waals surface area (Å²) in [4.78, 5) is 12.4. The third kappa shape index (κ3) is 8.32. The topological polar surface area (TPSA) is 63.2 Å². The number of carbonyl (C=O) groups is 1. The van der Waals surface area contributed by atoms with Crippen LogP contribution in [0, 0.1) is 0 Å². The molecule has 0 aliphatic rings. The number of hydrogen-bond acceptors (Lipinski definition) is 6. The highest BCUT2D eigenvalue weighted by Crippen LogP contribution is 2.38. The van der Waals surface area contributed by atoms with Gasteiger partial charge in [0.15, 0.2) is 23.0 Å². The van der Waals surface area contributed by atoms with E-state index < -0.39 is 0 Å². The Kier molecular flexibility index (Phi) is 11.9. The van der Waals surface area contributed by atoms with Crippen molar-refractivity contribution in [2.24, 2.45) is 0 Å². The molecular weight excluding hydrogens is 432 g/mol. The molecule has 6 heteroatoms. The van der Waals surface area contributed by atoms with Crippen molar-refractivity contribution in [3.8, 4) is 28.7 Å². The molecule has 34 heavy (non-hydrogen) atoms. The van der Waals surface area contributed by atoms with Crippen LogP contribution in [0.25, 0.3) is 12.2 Å². The van der Waals surface area contributed by atoms with E-state index in [0.29, 0.717) is 35.2 Å². The number of methoxy groups -OCH3 is 4. The van der Waals surface area contributed by atoms with Crippen LogP contribution in [0.15, 0.2) is 30.3 Å². The van der Waals surface area contributed by atoms with Gasteiger partial charge in [0.2, 0.25) is 5.75 Å². The van der Waals surface area contributed by atoms with E-state index in [-0.39, 0.29) is 5.97 Å². The Morgan fingerprint density at radius 1 is 0.676 bits per heavy atom. The van der Waals surface area contributed by atoms with E-state index in [9.17, 15) is 4.79 Å². The highest BCUT2D eigenvalue weighted by molar-refractivity contribution is 5.76. The number of unbranched alkanes of at least 4 members (excludes halogenated alkanes) is 6. The van der Waals surface area contributed by atoms with Gasteiger partial charge in [-0.3, -0.25) is 4.79 Å². The van der Waals surface area contributed by atoms with Crippen molar-refractivity contribution in [2.45, 2.75) is 58.3 Å². The molecule has 0 aromatic heterocycles. The first kappa shape index (κ1) is 27.1. The number of esters is 1. The summed E-state index contributed by atoms with van der Waals surface area (Å²) in [7, 11) is 6.31. The van der Waals surface area contributed by atoms with Crippen molar-refractivity contribution in [3.05, 3.63) is 41.5 Å². The van der Waals surface area contributed by atoms with Gasteiger partial charge in [0.05, 0.1) is 28.4 Å². The Morgan fingerprint density at radius 3 is 1.82 bits per heavy atom. The Bertz CT molecular complexity index is 909. The Balaban J connectivity index is 2.04. The molecule has 0 saturated heterocycles. The average Bonchev–Trinajstić information content (AvgIpc) is 2.86. The van der Waals surface area contributed by atoms with E-state index >= 15 is 0 Å². The summed E-state index contributed by atoms with van der Waals surface area (Å²) in [5.41, 5.74) is 1.75. The zero-order valence-corrected chi connectivity index (χ0v) is 21.1. The van der Waals surface area contributed by atoms with E-state index in [0.717, 1.165) is 30.4 Å². The normalized spacial score (nSPS) is 10.9. The summed E-state index contributed by atoms with van der Waals surface area (Å²) in [6, 6.07) is 9.23. The van der Waals surface area contributed by atoms with Crippen molar-refractivity contribution in [1.29, 1.82) is 0 Å². The largest absolute Gasteiger partial charge is 0.493 e. The molecule has 6 nitrogen and oxygen atoms in total. The van der Waals surface area contributed by atoms with Gasteiger partial charge in [-0.15, -0.1) is 0 Å². The predicted molar refractivity (Wildman–Crippen MR) is 136 cm³/mol. The van der Waals surface area contributed by atoms with Gasteiger partial charge in [-0.05, 0) is 41.8 Å². The van der Waals surface area contributed by atoms with Crippen LogP contribution in [-0.2, 0) is 4.79 Å². The summed E-state index contributed by atoms with van der Waals surface area (Å²) in [6.07, 6.45) is 12.3. The Morgan fingerprint density at radius 2 is 1.24 bits per heavy atom. The van der Waals surface area contributed by atoms with Gasteiger partial charge >= 0.3 is 5.97 Å². The van der Waals surface area contributed by atoms with E-state index in [1.54, 1.807) is 40.6 Å². The average molecular weight is 471 g/mol. The first-order chi connectivity index (χ1) is 16.6. The molecule has 2 rings (SSSR count). The lowest BCUT2D eigenvalue weighted by Crippen LogP contribution is -2.08. The first-order valence-corrected chi connectivity index (χ1v) is 11.9. The van der Waals surface area contributed by atoms with Gasteiger partial charge in [-0.2, -0.15) is 0 Å². The lowest BCUT2D eigenvalue weighted by Gasteiger charge is -2.13. The fourth-order valence-electron chi connectivity index (χ4n) is 3.67. The van der Waals surface area contributed by atoms with Crippen LogP contribution in [0.2, 0.25) is 0 Å². The zero-order valence-electron chi connectivity index (χ0n) is 21.1. The second-order valence-electron chi connectivity index (χ2n) is 8.05. The molecule has 0 radical (unpaired) electrons. The lowest BCUT2D eigenvalue weighted by molar-refractivity contribution is -0.134. The quantitative estimate of drug-likeness (QED) is 0.122. The zero-order chi connectivity index (χ0) is 24.8. The van der Waals surface area contributed by atoms with Crippen LogP contribution < -0.4 is 23.7 Å². The third-order valence-corrected chi connectivity index (χ3v) is 5.55. The van der Waals surface area contributed by atoms with Crippen molar-refractivity contribution in [1.82, 2.24) is 0 Å². The molecule has 0 fully saturated rings. The number of benzene rings is 2. The molecule has 2 aromatic carbocycles. The molecule has 0 amide bonds. The van der Waals surface area contributed by atoms with Crippen LogP contribution in [-0.4, -0.2) is 34.4 Å². The van der Waals surface area contributed by atoms with Crippen LogP contribution in [0.3, 0.4) is 0 Å². The maximum Gasteiger partial charge on any atom is 0.311 e. The minimum Gasteiger partial charge on any atom is -0.493 e. The molecule has 0 spiro atoms. The van der Waals surface area contributed by atoms with Gasteiger partial charge in [0.25, 0.3) is 0 Å². The molecule has 0 heterocycles. The molecule has 186 valence electrons. The van der Waals surface area contributed by atoms with Gasteiger partial charge in [-0.25, -0.2) is 0 Å². The smallest absolute Gasteiger partial charge is 0.311 e. The second-order valence-corrected chi connectivity index (χ2v) is 8.05. The monoisotopic (exact) mass is 470 g/mol. The van der Waals surface area contributed by atoms with Gasteiger partial charge in [-0.1, -0.05) is 63.7 Å². The van der Waals surface area contributed by atoms with Gasteiger partial charge < -0.3 is 23.7 Å². The molecule has 0 saturated carbocycles. The third-order valence-electron chi connectivity index (χ3n) is 5.55. The first-order valence-electron chi connectivity index (χ1n) is 11.9. The SMILES string of the molecule is CCCCCCCCCC(=O)Oc1cc(/C=C\c2cc(OC)c(OC)c(OC)c2)ccc1OC. The predicted octanol–water partition coefficient (Wildman–Crippen LogP) is 6.94. The molecular formula is C28H38O6. The van der Waals surface area contributed by atoms with Crippen LogP contribution in [0.1, 0.15) is 69.4 Å². The summed E-state index contributed by atoms with van der Waals surface area (Å²) >= 11 is 0. The van der Waals surface area contributed by atoms with Gasteiger partial charge in [0, 0.05) is 6.42 Å². The minimum absolute atomic E-state index is 0.238. The van der Waals surface area contributed by atoms with E-state index in [2.05, 4.69) is 6.92 Å². The lowest BCUT2D eigenvalue weighted by atomic mass is 10.1. The fourth-order valence-corrected chi connectivity index (χ4v) is 3.67. The maximum atomic E-state index is 12.4. The Hall–Kier alpha value is -3.15. The Labute approximate surface area is 203 Å². The molecule has 0 N–H and O–H groups in total. The molecule has 0 unspecified atom stereocenters. The molecule has 0 bridgehead atoms. The molecule has 2 aromatic rings. The summed E-state index contributed by atoms with van der Waals surface area (Å²) < 4.78 is 27.2. The van der Waals surface area contributed by atoms with Crippen LogP contribution >= 0.6 is 0 Å². The highest BCUT2D eigenvalue weighted by atomic mass is 16.6. The number of hydrogen-bond donors (Lipinski definition) is 0. The van der Waals surface area contributed by atoms with Crippen LogP contribution in [0.4, 0.5) is 0 Å². The van der Waals surface area contributed by atoms with Crippen molar-refractivity contribution < 1.29 is 28.5 Å². The van der Waals surface area contributed by atoms with Gasteiger partial charge in [0.1, 0.15) is 0 Å². The number of ether oxygens (including phenoxy) is 5. The van der Waals surface area contributed by atoms with E-state index in [1.165, 1.54) is 25.7 Å². The summed E-state index contributed by atoms with van der Waals surface area (Å²) in [5.74, 6) is 2.41.